The van der Waals surface area contributed by atoms with Crippen LogP contribution in [0.25, 0.3) is 0 Å². The van der Waals surface area contributed by atoms with Gasteiger partial charge in [-0.05, 0) is 128 Å². The van der Waals surface area contributed by atoms with Gasteiger partial charge in [-0.2, -0.15) is 0 Å². The summed E-state index contributed by atoms with van der Waals surface area (Å²) in [6.07, 6.45) is 75.6. The fourth-order valence-corrected chi connectivity index (χ4v) is 9.07. The highest BCUT2D eigenvalue weighted by molar-refractivity contribution is 5.80. The number of rotatable bonds is 53. The standard InChI is InChI=1S/C73H117NO10/c1-4-7-10-13-16-19-22-25-27-29-31-33-34-35-37-39-41-43-46-49-52-55-58-61-68(78)84-71-70(80)69(79)67(62-75)83-73(71)82-63-64(65(76)59-56-53-50-47-44-24-21-18-15-12-9-6-3)74-72(81)66(77)60-57-54-51-48-45-42-40-38-36-32-30-28-26-23-20-17-14-11-8-5-2/h7-8,10-11,16-17,19-20,25-28,31-33,35-37,40-43,48,51,56,59,64-67,69-71,73,75-77,79-80H,4-6,9,12-15,18,21-24,29-30,34,38-39,44-47,49-50,52-55,57-58,60-63H2,1-3H3,(H,74,81)/b10-7-,11-8-,19-16-,20-17-,27-25-,28-26-,33-31-,36-32-,37-35-,42-40-,43-41-,51-48-,59-56+. The molecule has 0 radical (unpaired) electrons. The first-order valence-corrected chi connectivity index (χ1v) is 32.8. The minimum Gasteiger partial charge on any atom is -0.454 e. The number of carbonyl (C=O) groups is 2. The van der Waals surface area contributed by atoms with Gasteiger partial charge in [0.2, 0.25) is 5.91 Å². The summed E-state index contributed by atoms with van der Waals surface area (Å²) >= 11 is 0. The Morgan fingerprint density at radius 3 is 1.29 bits per heavy atom. The van der Waals surface area contributed by atoms with Crippen molar-refractivity contribution in [3.05, 3.63) is 158 Å². The zero-order valence-corrected chi connectivity index (χ0v) is 52.4. The lowest BCUT2D eigenvalue weighted by Crippen LogP contribution is -2.61. The Balaban J connectivity index is 2.71. The van der Waals surface area contributed by atoms with Crippen molar-refractivity contribution in [3.63, 3.8) is 0 Å². The van der Waals surface area contributed by atoms with E-state index < -0.39 is 67.4 Å². The van der Waals surface area contributed by atoms with Crippen LogP contribution in [0.5, 0.6) is 0 Å². The van der Waals surface area contributed by atoms with Crippen LogP contribution in [-0.2, 0) is 23.8 Å². The van der Waals surface area contributed by atoms with E-state index >= 15 is 0 Å². The summed E-state index contributed by atoms with van der Waals surface area (Å²) in [4.78, 5) is 26.6. The smallest absolute Gasteiger partial charge is 0.306 e. The quantitative estimate of drug-likeness (QED) is 0.0195. The van der Waals surface area contributed by atoms with Crippen LogP contribution in [0.1, 0.15) is 226 Å². The van der Waals surface area contributed by atoms with Crippen molar-refractivity contribution in [3.8, 4) is 0 Å². The number of ether oxygens (including phenoxy) is 3. The van der Waals surface area contributed by atoms with E-state index in [-0.39, 0.29) is 19.4 Å². The van der Waals surface area contributed by atoms with E-state index in [1.54, 1.807) is 6.08 Å². The summed E-state index contributed by atoms with van der Waals surface area (Å²) in [5.74, 6) is -1.28. The highest BCUT2D eigenvalue weighted by Crippen LogP contribution is 2.26. The van der Waals surface area contributed by atoms with Crippen molar-refractivity contribution in [2.24, 2.45) is 0 Å². The molecule has 1 amide bonds. The Labute approximate surface area is 510 Å². The van der Waals surface area contributed by atoms with Gasteiger partial charge in [-0.1, -0.05) is 249 Å². The number of hydrogen-bond donors (Lipinski definition) is 6. The monoisotopic (exact) mass is 1170 g/mol. The maximum absolute atomic E-state index is 13.4. The van der Waals surface area contributed by atoms with Crippen LogP contribution in [0.15, 0.2) is 158 Å². The summed E-state index contributed by atoms with van der Waals surface area (Å²) in [5, 5.41) is 57.0. The molecule has 1 aliphatic heterocycles. The molecule has 11 heteroatoms. The predicted octanol–water partition coefficient (Wildman–Crippen LogP) is 16.3. The van der Waals surface area contributed by atoms with Gasteiger partial charge in [0.15, 0.2) is 12.4 Å². The molecular formula is C73H117NO10. The zero-order valence-electron chi connectivity index (χ0n) is 52.4. The molecule has 8 atom stereocenters. The average molecular weight is 1170 g/mol. The molecule has 11 nitrogen and oxygen atoms in total. The van der Waals surface area contributed by atoms with E-state index in [1.165, 1.54) is 44.9 Å². The van der Waals surface area contributed by atoms with Crippen molar-refractivity contribution < 1.29 is 49.3 Å². The number of carbonyl (C=O) groups excluding carboxylic acids is 2. The molecule has 0 aromatic heterocycles. The van der Waals surface area contributed by atoms with Crippen LogP contribution < -0.4 is 5.32 Å². The normalized spacial score (nSPS) is 19.5. The van der Waals surface area contributed by atoms with Gasteiger partial charge >= 0.3 is 5.97 Å². The molecular weight excluding hydrogens is 1050 g/mol. The zero-order chi connectivity index (χ0) is 61.0. The largest absolute Gasteiger partial charge is 0.454 e. The molecule has 0 aromatic carbocycles. The number of nitrogens with one attached hydrogen (secondary N) is 1. The van der Waals surface area contributed by atoms with E-state index in [9.17, 15) is 35.1 Å². The fraction of sp³-hybridized carbons (Fsp3) is 0.616. The minimum atomic E-state index is -1.65. The molecule has 0 saturated carbocycles. The van der Waals surface area contributed by atoms with Crippen molar-refractivity contribution in [2.45, 2.75) is 275 Å². The van der Waals surface area contributed by atoms with Crippen molar-refractivity contribution in [1.82, 2.24) is 5.32 Å². The first kappa shape index (κ1) is 77.3. The average Bonchev–Trinajstić information content (AvgIpc) is 3.65. The maximum Gasteiger partial charge on any atom is 0.306 e. The molecule has 1 aliphatic rings. The van der Waals surface area contributed by atoms with Crippen LogP contribution in [-0.4, -0.2) is 99.6 Å². The van der Waals surface area contributed by atoms with E-state index in [0.29, 0.717) is 19.3 Å². The lowest BCUT2D eigenvalue weighted by atomic mass is 9.99. The van der Waals surface area contributed by atoms with Crippen LogP contribution in [0.4, 0.5) is 0 Å². The summed E-state index contributed by atoms with van der Waals surface area (Å²) < 4.78 is 17.6. The molecule has 0 spiro atoms. The van der Waals surface area contributed by atoms with Crippen molar-refractivity contribution >= 4 is 11.9 Å². The third-order valence-corrected chi connectivity index (χ3v) is 14.2. The number of hydrogen-bond acceptors (Lipinski definition) is 10. The van der Waals surface area contributed by atoms with Gasteiger partial charge in [0.05, 0.1) is 25.4 Å². The predicted molar refractivity (Wildman–Crippen MR) is 351 cm³/mol. The van der Waals surface area contributed by atoms with E-state index in [0.717, 1.165) is 128 Å². The SMILES string of the molecule is CC/C=C\C/C=C\C/C=C\C/C=C\C/C=C\C/C=C\CCCCCCC(=O)OC1C(OCC(NC(=O)C(O)CCC/C=C\C/C=C\C/C=C\C/C=C\C/C=C\C/C=C\CC)C(O)/C=C/CCCCCCCCCCCC)OC(CO)C(O)C1O. The first-order valence-electron chi connectivity index (χ1n) is 32.8. The number of esters is 1. The van der Waals surface area contributed by atoms with Gasteiger partial charge in [0.1, 0.15) is 24.4 Å². The molecule has 1 saturated heterocycles. The second kappa shape index (κ2) is 58.7. The van der Waals surface area contributed by atoms with Crippen LogP contribution in [0.3, 0.4) is 0 Å². The second-order valence-corrected chi connectivity index (χ2v) is 21.7. The maximum atomic E-state index is 13.4. The Bertz CT molecular complexity index is 1970. The van der Waals surface area contributed by atoms with Gasteiger partial charge < -0.3 is 45.1 Å². The lowest BCUT2D eigenvalue weighted by molar-refractivity contribution is -0.305. The van der Waals surface area contributed by atoms with Gasteiger partial charge in [0, 0.05) is 6.42 Å². The second-order valence-electron chi connectivity index (χ2n) is 21.7. The fourth-order valence-electron chi connectivity index (χ4n) is 9.07. The highest BCUT2D eigenvalue weighted by Gasteiger charge is 2.47. The van der Waals surface area contributed by atoms with Crippen LogP contribution in [0, 0.1) is 0 Å². The topological polar surface area (TPSA) is 175 Å². The molecule has 474 valence electrons. The Morgan fingerprint density at radius 1 is 0.476 bits per heavy atom. The Kier molecular flexibility index (Phi) is 54.0. The summed E-state index contributed by atoms with van der Waals surface area (Å²) in [7, 11) is 0. The number of aliphatic hydroxyl groups is 5. The number of allylic oxidation sites excluding steroid dienone is 25. The highest BCUT2D eigenvalue weighted by atomic mass is 16.7. The molecule has 1 heterocycles. The van der Waals surface area contributed by atoms with Gasteiger partial charge in [-0.25, -0.2) is 0 Å². The number of aliphatic hydroxyl groups excluding tert-OH is 5. The van der Waals surface area contributed by atoms with Gasteiger partial charge in [-0.3, -0.25) is 9.59 Å². The van der Waals surface area contributed by atoms with E-state index in [4.69, 9.17) is 14.2 Å². The molecule has 1 fully saturated rings. The molecule has 0 bridgehead atoms. The number of amides is 1. The third-order valence-electron chi connectivity index (χ3n) is 14.2. The number of unbranched alkanes of at least 4 members (excludes halogenated alkanes) is 15. The van der Waals surface area contributed by atoms with Crippen molar-refractivity contribution in [2.75, 3.05) is 13.2 Å². The molecule has 1 rings (SSSR count). The van der Waals surface area contributed by atoms with Gasteiger partial charge in [-0.15, -0.1) is 0 Å². The van der Waals surface area contributed by atoms with Gasteiger partial charge in [0.25, 0.3) is 0 Å². The molecule has 6 N–H and O–H groups in total. The lowest BCUT2D eigenvalue weighted by Gasteiger charge is -2.41. The molecule has 84 heavy (non-hydrogen) atoms. The van der Waals surface area contributed by atoms with E-state index in [2.05, 4.69) is 166 Å². The minimum absolute atomic E-state index is 0.0780. The summed E-state index contributed by atoms with van der Waals surface area (Å²) in [6, 6.07) is -1.07. The Morgan fingerprint density at radius 2 is 0.857 bits per heavy atom. The van der Waals surface area contributed by atoms with Crippen molar-refractivity contribution in [1.29, 1.82) is 0 Å². The first-order chi connectivity index (χ1) is 41.2. The van der Waals surface area contributed by atoms with Crippen LogP contribution >= 0.6 is 0 Å². The summed E-state index contributed by atoms with van der Waals surface area (Å²) in [6.45, 7) is 5.50. The molecule has 8 unspecified atom stereocenters. The third kappa shape index (κ3) is 45.6. The van der Waals surface area contributed by atoms with E-state index in [1.807, 2.05) is 12.2 Å². The molecule has 0 aromatic rings. The Hall–Kier alpha value is -4.72. The molecule has 0 aliphatic carbocycles. The summed E-state index contributed by atoms with van der Waals surface area (Å²) in [5.41, 5.74) is 0. The van der Waals surface area contributed by atoms with Crippen LogP contribution in [0.2, 0.25) is 0 Å².